The number of carbonyl (C=O) groups excluding carboxylic acids is 1. The van der Waals surface area contributed by atoms with Crippen LogP contribution in [0.2, 0.25) is 0 Å². The molecule has 0 fully saturated rings. The van der Waals surface area contributed by atoms with E-state index < -0.39 is 0 Å². The number of carbonyl (C=O) groups is 1. The van der Waals surface area contributed by atoms with Gasteiger partial charge >= 0.3 is 6.03 Å². The summed E-state index contributed by atoms with van der Waals surface area (Å²) in [4.78, 5) is 14.9. The van der Waals surface area contributed by atoms with Crippen LogP contribution >= 0.6 is 0 Å². The van der Waals surface area contributed by atoms with Crippen LogP contribution < -0.4 is 4.90 Å². The summed E-state index contributed by atoms with van der Waals surface area (Å²) in [5.41, 5.74) is 1.99. The molecule has 0 saturated heterocycles. The van der Waals surface area contributed by atoms with Crippen LogP contribution in [0.15, 0.2) is 49.8 Å². The third-order valence-electron chi connectivity index (χ3n) is 2.45. The van der Waals surface area contributed by atoms with Crippen LogP contribution in [0.25, 0.3) is 0 Å². The first-order chi connectivity index (χ1) is 7.27. The SMILES string of the molecule is C=CN1Cc2ccccc2N(C=C)C1=O. The maximum Gasteiger partial charge on any atom is 0.332 e. The molecule has 1 aromatic carbocycles. The van der Waals surface area contributed by atoms with Gasteiger partial charge in [0.25, 0.3) is 0 Å². The number of anilines is 1. The first-order valence-corrected chi connectivity index (χ1v) is 4.70. The minimum atomic E-state index is -0.112. The smallest absolute Gasteiger partial charge is 0.296 e. The Bertz CT molecular complexity index is 425. The molecule has 1 aliphatic heterocycles. The van der Waals surface area contributed by atoms with Crippen LogP contribution in [-0.4, -0.2) is 10.9 Å². The highest BCUT2D eigenvalue weighted by Crippen LogP contribution is 2.28. The summed E-state index contributed by atoms with van der Waals surface area (Å²) >= 11 is 0. The van der Waals surface area contributed by atoms with Crippen LogP contribution in [0.1, 0.15) is 5.56 Å². The van der Waals surface area contributed by atoms with E-state index in [4.69, 9.17) is 0 Å². The van der Waals surface area contributed by atoms with Crippen molar-refractivity contribution in [1.29, 1.82) is 0 Å². The molecule has 3 heteroatoms. The number of urea groups is 1. The van der Waals surface area contributed by atoms with Gasteiger partial charge in [0.2, 0.25) is 0 Å². The van der Waals surface area contributed by atoms with Gasteiger partial charge in [-0.25, -0.2) is 4.79 Å². The van der Waals surface area contributed by atoms with Crippen LogP contribution in [0, 0.1) is 0 Å². The monoisotopic (exact) mass is 200 g/mol. The van der Waals surface area contributed by atoms with Gasteiger partial charge in [-0.15, -0.1) is 0 Å². The molecule has 76 valence electrons. The van der Waals surface area contributed by atoms with E-state index in [1.54, 1.807) is 4.90 Å². The Hall–Kier alpha value is -2.03. The number of amides is 2. The largest absolute Gasteiger partial charge is 0.332 e. The van der Waals surface area contributed by atoms with Crippen molar-refractivity contribution >= 4 is 11.7 Å². The van der Waals surface area contributed by atoms with E-state index in [1.165, 1.54) is 17.3 Å². The van der Waals surface area contributed by atoms with E-state index >= 15 is 0 Å². The summed E-state index contributed by atoms with van der Waals surface area (Å²) in [6.07, 6.45) is 3.06. The topological polar surface area (TPSA) is 23.6 Å². The highest BCUT2D eigenvalue weighted by atomic mass is 16.2. The van der Waals surface area contributed by atoms with Gasteiger partial charge in [0.15, 0.2) is 0 Å². The molecule has 2 rings (SSSR count). The number of para-hydroxylation sites is 1. The van der Waals surface area contributed by atoms with Gasteiger partial charge < -0.3 is 0 Å². The predicted octanol–water partition coefficient (Wildman–Crippen LogP) is 2.72. The van der Waals surface area contributed by atoms with Crippen molar-refractivity contribution in [2.45, 2.75) is 6.54 Å². The maximum atomic E-state index is 11.9. The first-order valence-electron chi connectivity index (χ1n) is 4.70. The number of hydrogen-bond acceptors (Lipinski definition) is 1. The van der Waals surface area contributed by atoms with Gasteiger partial charge in [-0.05, 0) is 11.6 Å². The van der Waals surface area contributed by atoms with Gasteiger partial charge in [0.05, 0.1) is 12.2 Å². The number of hydrogen-bond donors (Lipinski definition) is 0. The third-order valence-corrected chi connectivity index (χ3v) is 2.45. The van der Waals surface area contributed by atoms with Crippen molar-refractivity contribution in [1.82, 2.24) is 4.90 Å². The average molecular weight is 200 g/mol. The van der Waals surface area contributed by atoms with E-state index in [1.807, 2.05) is 24.3 Å². The molecule has 0 saturated carbocycles. The molecule has 0 aromatic heterocycles. The summed E-state index contributed by atoms with van der Waals surface area (Å²) in [6, 6.07) is 7.66. The quantitative estimate of drug-likeness (QED) is 0.720. The Balaban J connectivity index is 2.51. The molecule has 0 spiro atoms. The fraction of sp³-hybridized carbons (Fsp3) is 0.0833. The number of fused-ring (bicyclic) bond motifs is 1. The number of nitrogens with zero attached hydrogens (tertiary/aromatic N) is 2. The lowest BCUT2D eigenvalue weighted by Crippen LogP contribution is -2.41. The standard InChI is InChI=1S/C12H12N2O/c1-3-13-9-10-7-5-6-8-11(10)14(4-2)12(13)15/h3-8H,1-2,9H2. The van der Waals surface area contributed by atoms with Crippen molar-refractivity contribution in [3.63, 3.8) is 0 Å². The summed E-state index contributed by atoms with van der Waals surface area (Å²) in [7, 11) is 0. The van der Waals surface area contributed by atoms with Crippen LogP contribution in [-0.2, 0) is 6.54 Å². The number of rotatable bonds is 2. The Kier molecular flexibility index (Phi) is 2.29. The first kappa shape index (κ1) is 9.52. The Labute approximate surface area is 88.9 Å². The molecule has 0 radical (unpaired) electrons. The summed E-state index contributed by atoms with van der Waals surface area (Å²) < 4.78 is 0. The average Bonchev–Trinajstić information content (AvgIpc) is 2.28. The Morgan fingerprint density at radius 3 is 2.60 bits per heavy atom. The van der Waals surface area contributed by atoms with Crippen LogP contribution in [0.4, 0.5) is 10.5 Å². The zero-order chi connectivity index (χ0) is 10.8. The Morgan fingerprint density at radius 1 is 1.20 bits per heavy atom. The van der Waals surface area contributed by atoms with Gasteiger partial charge in [-0.3, -0.25) is 9.80 Å². The zero-order valence-corrected chi connectivity index (χ0v) is 8.39. The minimum Gasteiger partial charge on any atom is -0.296 e. The molecule has 3 nitrogen and oxygen atoms in total. The molecule has 1 aromatic rings. The minimum absolute atomic E-state index is 0.112. The molecule has 0 aliphatic carbocycles. The zero-order valence-electron chi connectivity index (χ0n) is 8.39. The Morgan fingerprint density at radius 2 is 1.93 bits per heavy atom. The lowest BCUT2D eigenvalue weighted by atomic mass is 10.1. The lowest BCUT2D eigenvalue weighted by Gasteiger charge is -2.32. The van der Waals surface area contributed by atoms with Crippen molar-refractivity contribution in [3.05, 3.63) is 55.4 Å². The molecule has 1 heterocycles. The lowest BCUT2D eigenvalue weighted by molar-refractivity contribution is 0.220. The summed E-state index contributed by atoms with van der Waals surface area (Å²) in [6.45, 7) is 7.84. The van der Waals surface area contributed by atoms with E-state index in [-0.39, 0.29) is 6.03 Å². The third kappa shape index (κ3) is 1.42. The molecule has 0 bridgehead atoms. The van der Waals surface area contributed by atoms with Gasteiger partial charge in [0.1, 0.15) is 0 Å². The molecular weight excluding hydrogens is 188 g/mol. The van der Waals surface area contributed by atoms with Gasteiger partial charge in [-0.2, -0.15) is 0 Å². The van der Waals surface area contributed by atoms with Crippen LogP contribution in [0.3, 0.4) is 0 Å². The van der Waals surface area contributed by atoms with E-state index in [0.717, 1.165) is 11.3 Å². The second kappa shape index (κ2) is 3.61. The van der Waals surface area contributed by atoms with Crippen molar-refractivity contribution in [2.75, 3.05) is 4.90 Å². The second-order valence-corrected chi connectivity index (χ2v) is 3.27. The molecule has 1 aliphatic rings. The molecular formula is C12H12N2O. The predicted molar refractivity (Wildman–Crippen MR) is 60.3 cm³/mol. The maximum absolute atomic E-state index is 11.9. The van der Waals surface area contributed by atoms with Crippen molar-refractivity contribution < 1.29 is 4.79 Å². The van der Waals surface area contributed by atoms with Crippen molar-refractivity contribution in [3.8, 4) is 0 Å². The molecule has 0 atom stereocenters. The molecule has 0 unspecified atom stereocenters. The fourth-order valence-electron chi connectivity index (χ4n) is 1.69. The molecule has 0 N–H and O–H groups in total. The summed E-state index contributed by atoms with van der Waals surface area (Å²) in [5, 5.41) is 0. The number of benzene rings is 1. The second-order valence-electron chi connectivity index (χ2n) is 3.27. The fourth-order valence-corrected chi connectivity index (χ4v) is 1.69. The summed E-state index contributed by atoms with van der Waals surface area (Å²) in [5.74, 6) is 0. The normalized spacial score (nSPS) is 14.8. The van der Waals surface area contributed by atoms with E-state index in [0.29, 0.717) is 6.54 Å². The van der Waals surface area contributed by atoms with Gasteiger partial charge in [0, 0.05) is 12.4 Å². The van der Waals surface area contributed by atoms with Gasteiger partial charge in [-0.1, -0.05) is 31.4 Å². The van der Waals surface area contributed by atoms with E-state index in [2.05, 4.69) is 13.2 Å². The molecule has 15 heavy (non-hydrogen) atoms. The van der Waals surface area contributed by atoms with E-state index in [9.17, 15) is 4.79 Å². The highest BCUT2D eigenvalue weighted by Gasteiger charge is 2.26. The highest BCUT2D eigenvalue weighted by molar-refractivity contribution is 5.96. The van der Waals surface area contributed by atoms with Crippen molar-refractivity contribution in [2.24, 2.45) is 0 Å². The molecule has 2 amide bonds. The van der Waals surface area contributed by atoms with Crippen LogP contribution in [0.5, 0.6) is 0 Å².